The van der Waals surface area contributed by atoms with E-state index in [9.17, 15) is 14.7 Å². The summed E-state index contributed by atoms with van der Waals surface area (Å²) in [7, 11) is 0. The summed E-state index contributed by atoms with van der Waals surface area (Å²) >= 11 is 4.03. The lowest BCUT2D eigenvalue weighted by Gasteiger charge is -2.54. The average molecular weight is 364 g/mol. The van der Waals surface area contributed by atoms with Gasteiger partial charge in [-0.15, -0.1) is 23.5 Å². The first-order chi connectivity index (χ1) is 11.6. The Hall–Kier alpha value is -1.14. The van der Waals surface area contributed by atoms with E-state index in [1.165, 1.54) is 0 Å². The zero-order valence-corrected chi connectivity index (χ0v) is 15.0. The average Bonchev–Trinajstić information content (AvgIpc) is 3.04. The van der Waals surface area contributed by atoms with Crippen molar-refractivity contribution >= 4 is 35.4 Å². The zero-order chi connectivity index (χ0) is 16.7. The van der Waals surface area contributed by atoms with E-state index in [-0.39, 0.29) is 27.7 Å². The molecule has 24 heavy (non-hydrogen) atoms. The molecule has 1 aliphatic carbocycles. The Balaban J connectivity index is 1.59. The number of hydrogen-bond acceptors (Lipinski definition) is 4. The minimum absolute atomic E-state index is 0.0854. The number of carbonyl (C=O) groups excluding carboxylic acids is 1. The topological polar surface area (TPSA) is 57.6 Å². The Kier molecular flexibility index (Phi) is 4.29. The first kappa shape index (κ1) is 16.3. The summed E-state index contributed by atoms with van der Waals surface area (Å²) in [6.45, 7) is 1.38. The summed E-state index contributed by atoms with van der Waals surface area (Å²) in [6.07, 6.45) is 1.40. The largest absolute Gasteiger partial charge is 0.481 e. The van der Waals surface area contributed by atoms with Crippen molar-refractivity contribution in [2.24, 2.45) is 17.8 Å². The quantitative estimate of drug-likeness (QED) is 0.875. The van der Waals surface area contributed by atoms with Gasteiger partial charge in [0.25, 0.3) is 5.91 Å². The number of amides is 1. The van der Waals surface area contributed by atoms with Crippen molar-refractivity contribution in [2.45, 2.75) is 16.9 Å². The molecule has 2 heterocycles. The van der Waals surface area contributed by atoms with E-state index in [1.54, 1.807) is 0 Å². The van der Waals surface area contributed by atoms with Crippen LogP contribution in [0.1, 0.15) is 23.2 Å². The van der Waals surface area contributed by atoms with E-state index >= 15 is 0 Å². The molecule has 2 aliphatic heterocycles. The van der Waals surface area contributed by atoms with E-state index in [0.29, 0.717) is 25.9 Å². The number of likely N-dealkylation sites (tertiary alicyclic amines) is 1. The summed E-state index contributed by atoms with van der Waals surface area (Å²) in [4.78, 5) is 26.3. The molecule has 2 saturated heterocycles. The molecule has 3 fully saturated rings. The molecule has 2 unspecified atom stereocenters. The van der Waals surface area contributed by atoms with Crippen molar-refractivity contribution in [3.8, 4) is 0 Å². The highest BCUT2D eigenvalue weighted by Crippen LogP contribution is 2.61. The Morgan fingerprint density at radius 1 is 1.04 bits per heavy atom. The van der Waals surface area contributed by atoms with Gasteiger partial charge < -0.3 is 10.0 Å². The maximum atomic E-state index is 12.8. The molecular formula is C18H21NO3S2. The number of benzene rings is 1. The van der Waals surface area contributed by atoms with Gasteiger partial charge in [-0.1, -0.05) is 18.2 Å². The third-order valence-electron chi connectivity index (χ3n) is 5.55. The van der Waals surface area contributed by atoms with Gasteiger partial charge in [0.15, 0.2) is 0 Å². The SMILES string of the molecule is O=C(O)C1CC2CN(C(=O)c3ccccc3)CC(C1)C21SCCS1. The molecule has 6 heteroatoms. The number of piperidine rings is 1. The lowest BCUT2D eigenvalue weighted by Crippen LogP contribution is -2.59. The Bertz CT molecular complexity index is 627. The zero-order valence-electron chi connectivity index (χ0n) is 13.4. The predicted octanol–water partition coefficient (Wildman–Crippen LogP) is 3.05. The minimum atomic E-state index is -0.671. The van der Waals surface area contributed by atoms with Crippen molar-refractivity contribution in [3.63, 3.8) is 0 Å². The first-order valence-corrected chi connectivity index (χ1v) is 10.4. The summed E-state index contributed by atoms with van der Waals surface area (Å²) in [6, 6.07) is 9.43. The number of nitrogens with zero attached hydrogens (tertiary/aromatic N) is 1. The van der Waals surface area contributed by atoms with Crippen molar-refractivity contribution in [3.05, 3.63) is 35.9 Å². The number of carboxylic acids is 1. The number of rotatable bonds is 2. The van der Waals surface area contributed by atoms with Crippen LogP contribution < -0.4 is 0 Å². The van der Waals surface area contributed by atoms with Crippen molar-refractivity contribution in [1.82, 2.24) is 4.90 Å². The number of aliphatic carboxylic acids is 1. The lowest BCUT2D eigenvalue weighted by atomic mass is 9.71. The highest BCUT2D eigenvalue weighted by atomic mass is 32.2. The van der Waals surface area contributed by atoms with Gasteiger partial charge in [0.1, 0.15) is 0 Å². The van der Waals surface area contributed by atoms with Crippen LogP contribution in [0.3, 0.4) is 0 Å². The Morgan fingerprint density at radius 3 is 2.17 bits per heavy atom. The van der Waals surface area contributed by atoms with Crippen LogP contribution in [0.25, 0.3) is 0 Å². The fourth-order valence-corrected chi connectivity index (χ4v) is 8.27. The molecule has 4 nitrogen and oxygen atoms in total. The fourth-order valence-electron chi connectivity index (χ4n) is 4.50. The smallest absolute Gasteiger partial charge is 0.306 e. The van der Waals surface area contributed by atoms with Gasteiger partial charge in [-0.2, -0.15) is 0 Å². The van der Waals surface area contributed by atoms with Gasteiger partial charge in [0, 0.05) is 42.0 Å². The molecule has 128 valence electrons. The molecule has 1 amide bonds. The summed E-state index contributed by atoms with van der Waals surface area (Å²) in [5.41, 5.74) is 0.730. The molecule has 0 aromatic heterocycles. The summed E-state index contributed by atoms with van der Waals surface area (Å²) < 4.78 is 0.138. The molecule has 1 spiro atoms. The van der Waals surface area contributed by atoms with Gasteiger partial charge in [-0.3, -0.25) is 9.59 Å². The van der Waals surface area contributed by atoms with Crippen LogP contribution in [0.5, 0.6) is 0 Å². The van der Waals surface area contributed by atoms with Crippen LogP contribution in [0.2, 0.25) is 0 Å². The van der Waals surface area contributed by atoms with Crippen LogP contribution in [0, 0.1) is 17.8 Å². The number of carbonyl (C=O) groups is 2. The third-order valence-corrected chi connectivity index (χ3v) is 9.57. The maximum Gasteiger partial charge on any atom is 0.306 e. The molecule has 4 rings (SSSR count). The third kappa shape index (κ3) is 2.64. The first-order valence-electron chi connectivity index (χ1n) is 8.45. The second-order valence-corrected chi connectivity index (χ2v) is 9.90. The molecule has 1 aromatic carbocycles. The Morgan fingerprint density at radius 2 is 1.62 bits per heavy atom. The fraction of sp³-hybridized carbons (Fsp3) is 0.556. The molecule has 1 aromatic rings. The van der Waals surface area contributed by atoms with Gasteiger partial charge in [0.05, 0.1) is 10.00 Å². The predicted molar refractivity (Wildman–Crippen MR) is 97.3 cm³/mol. The summed E-state index contributed by atoms with van der Waals surface area (Å²) in [5.74, 6) is 2.00. The number of carboxylic acid groups (broad SMARTS) is 1. The highest BCUT2D eigenvalue weighted by molar-refractivity contribution is 8.21. The van der Waals surface area contributed by atoms with Crippen molar-refractivity contribution < 1.29 is 14.7 Å². The minimum Gasteiger partial charge on any atom is -0.481 e. The molecule has 1 N–H and O–H groups in total. The van der Waals surface area contributed by atoms with E-state index < -0.39 is 5.97 Å². The Labute approximate surface area is 150 Å². The van der Waals surface area contributed by atoms with Crippen molar-refractivity contribution in [1.29, 1.82) is 0 Å². The molecule has 2 bridgehead atoms. The normalized spacial score (nSPS) is 31.2. The van der Waals surface area contributed by atoms with Crippen LogP contribution >= 0.6 is 23.5 Å². The monoisotopic (exact) mass is 363 g/mol. The second kappa shape index (κ2) is 6.30. The van der Waals surface area contributed by atoms with Crippen LogP contribution in [-0.2, 0) is 4.79 Å². The van der Waals surface area contributed by atoms with Crippen molar-refractivity contribution in [2.75, 3.05) is 24.6 Å². The molecule has 2 atom stereocenters. The molecule has 0 radical (unpaired) electrons. The van der Waals surface area contributed by atoms with Crippen LogP contribution in [0.4, 0.5) is 0 Å². The summed E-state index contributed by atoms with van der Waals surface area (Å²) in [5, 5.41) is 9.48. The maximum absolute atomic E-state index is 12.8. The van der Waals surface area contributed by atoms with Gasteiger partial charge in [-0.05, 0) is 25.0 Å². The van der Waals surface area contributed by atoms with Crippen LogP contribution in [-0.4, -0.2) is 50.6 Å². The molecular weight excluding hydrogens is 342 g/mol. The standard InChI is InChI=1S/C18H21NO3S2/c20-16(12-4-2-1-3-5-12)19-10-14-8-13(17(21)22)9-15(11-19)18(14)23-6-7-24-18/h1-5,13-15H,6-11H2,(H,21,22). The number of hydrogen-bond donors (Lipinski definition) is 1. The number of thioether (sulfide) groups is 2. The van der Waals surface area contributed by atoms with Gasteiger partial charge in [-0.25, -0.2) is 0 Å². The molecule has 1 saturated carbocycles. The van der Waals surface area contributed by atoms with Crippen LogP contribution in [0.15, 0.2) is 30.3 Å². The van der Waals surface area contributed by atoms with Gasteiger partial charge in [0.2, 0.25) is 0 Å². The lowest BCUT2D eigenvalue weighted by molar-refractivity contribution is -0.144. The highest BCUT2D eigenvalue weighted by Gasteiger charge is 2.57. The van der Waals surface area contributed by atoms with Gasteiger partial charge >= 0.3 is 5.97 Å². The van der Waals surface area contributed by atoms with E-state index in [0.717, 1.165) is 17.1 Å². The molecule has 3 aliphatic rings. The van der Waals surface area contributed by atoms with E-state index in [1.807, 2.05) is 58.8 Å². The van der Waals surface area contributed by atoms with E-state index in [4.69, 9.17) is 0 Å². The second-order valence-electron chi connectivity index (χ2n) is 6.89. The van der Waals surface area contributed by atoms with E-state index in [2.05, 4.69) is 0 Å².